The maximum Gasteiger partial charge on any atom is 0.319 e. The number of aromatic nitrogens is 1. The fourth-order valence-electron chi connectivity index (χ4n) is 2.89. The molecule has 3 rings (SSSR count). The van der Waals surface area contributed by atoms with Crippen LogP contribution in [0.2, 0.25) is 0 Å². The number of hydrogen-bond acceptors (Lipinski definition) is 5. The Kier molecular flexibility index (Phi) is 6.89. The molecule has 0 radical (unpaired) electrons. The number of nitrogens with one attached hydrogen (secondary N) is 2. The van der Waals surface area contributed by atoms with E-state index in [1.807, 2.05) is 24.3 Å². The van der Waals surface area contributed by atoms with Crippen LogP contribution in [0.15, 0.2) is 41.1 Å². The van der Waals surface area contributed by atoms with Crippen LogP contribution < -0.4 is 15.5 Å². The highest BCUT2D eigenvalue weighted by atomic mass is 16.5. The number of anilines is 2. The smallest absolute Gasteiger partial charge is 0.319 e. The van der Waals surface area contributed by atoms with Crippen LogP contribution in [0.1, 0.15) is 31.4 Å². The van der Waals surface area contributed by atoms with Crippen LogP contribution in [0.4, 0.5) is 16.3 Å². The highest BCUT2D eigenvalue weighted by molar-refractivity contribution is 5.89. The lowest BCUT2D eigenvalue weighted by atomic mass is 10.1. The molecular formula is C19H26N4O3. The number of urea groups is 1. The maximum atomic E-state index is 11.9. The van der Waals surface area contributed by atoms with Crippen LogP contribution in [-0.2, 0) is 11.3 Å². The molecule has 0 aromatic carbocycles. The van der Waals surface area contributed by atoms with Crippen LogP contribution >= 0.6 is 0 Å². The van der Waals surface area contributed by atoms with E-state index >= 15 is 0 Å². The Morgan fingerprint density at radius 2 is 2.12 bits per heavy atom. The Balaban J connectivity index is 1.30. The van der Waals surface area contributed by atoms with Gasteiger partial charge in [0.05, 0.1) is 18.1 Å². The number of furan rings is 1. The van der Waals surface area contributed by atoms with Crippen molar-refractivity contribution in [1.29, 1.82) is 0 Å². The van der Waals surface area contributed by atoms with E-state index in [-0.39, 0.29) is 6.03 Å². The first kappa shape index (κ1) is 18.3. The second kappa shape index (κ2) is 9.82. The van der Waals surface area contributed by atoms with Crippen molar-refractivity contribution in [2.75, 3.05) is 36.5 Å². The lowest BCUT2D eigenvalue weighted by molar-refractivity contribution is 0.104. The van der Waals surface area contributed by atoms with Crippen LogP contribution in [0.25, 0.3) is 0 Å². The second-order valence-corrected chi connectivity index (χ2v) is 6.32. The second-order valence-electron chi connectivity index (χ2n) is 6.32. The van der Waals surface area contributed by atoms with Gasteiger partial charge in [-0.2, -0.15) is 0 Å². The van der Waals surface area contributed by atoms with Gasteiger partial charge in [0, 0.05) is 26.2 Å². The molecule has 3 heterocycles. The van der Waals surface area contributed by atoms with Gasteiger partial charge in [-0.25, -0.2) is 9.78 Å². The summed E-state index contributed by atoms with van der Waals surface area (Å²) in [7, 11) is 0. The van der Waals surface area contributed by atoms with E-state index in [2.05, 4.69) is 20.5 Å². The van der Waals surface area contributed by atoms with Crippen molar-refractivity contribution in [2.24, 2.45) is 0 Å². The first-order valence-electron chi connectivity index (χ1n) is 9.17. The lowest BCUT2D eigenvalue weighted by Gasteiger charge is -2.27. The zero-order valence-electron chi connectivity index (χ0n) is 14.9. The highest BCUT2D eigenvalue weighted by Crippen LogP contribution is 2.18. The summed E-state index contributed by atoms with van der Waals surface area (Å²) >= 11 is 0. The summed E-state index contributed by atoms with van der Waals surface area (Å²) in [4.78, 5) is 18.6. The van der Waals surface area contributed by atoms with E-state index in [0.717, 1.165) is 31.1 Å². The Hall–Kier alpha value is -2.54. The summed E-state index contributed by atoms with van der Waals surface area (Å²) in [6, 6.07) is 7.32. The normalized spacial score (nSPS) is 14.2. The summed E-state index contributed by atoms with van der Waals surface area (Å²) in [5.74, 6) is 1.78. The zero-order valence-corrected chi connectivity index (χ0v) is 14.9. The number of hydrogen-bond donors (Lipinski definition) is 2. The van der Waals surface area contributed by atoms with Crippen molar-refractivity contribution < 1.29 is 13.9 Å². The van der Waals surface area contributed by atoms with Crippen LogP contribution in [0, 0.1) is 0 Å². The maximum absolute atomic E-state index is 11.9. The monoisotopic (exact) mass is 358 g/mol. The molecule has 2 aromatic heterocycles. The van der Waals surface area contributed by atoms with E-state index < -0.39 is 0 Å². The molecular weight excluding hydrogens is 332 g/mol. The minimum atomic E-state index is -0.233. The van der Waals surface area contributed by atoms with Gasteiger partial charge in [-0.05, 0) is 49.9 Å². The molecule has 2 aromatic rings. The fourth-order valence-corrected chi connectivity index (χ4v) is 2.89. The minimum absolute atomic E-state index is 0.233. The average Bonchev–Trinajstić information content (AvgIpc) is 3.19. The van der Waals surface area contributed by atoms with Gasteiger partial charge < -0.3 is 24.7 Å². The number of ether oxygens (including phenoxy) is 1. The molecule has 0 atom stereocenters. The summed E-state index contributed by atoms with van der Waals surface area (Å²) in [6.07, 6.45) is 7.80. The molecule has 1 fully saturated rings. The van der Waals surface area contributed by atoms with Crippen molar-refractivity contribution in [3.05, 3.63) is 42.5 Å². The molecule has 2 amide bonds. The van der Waals surface area contributed by atoms with E-state index in [4.69, 9.17) is 9.15 Å². The number of carbonyl (C=O) groups is 1. The SMILES string of the molecule is O=C(NCCCOCc1ccco1)Nc1ccc(N2CCCCC2)nc1. The van der Waals surface area contributed by atoms with Gasteiger partial charge in [-0.15, -0.1) is 0 Å². The molecule has 0 bridgehead atoms. The zero-order chi connectivity index (χ0) is 18.0. The van der Waals surface area contributed by atoms with Gasteiger partial charge in [0.1, 0.15) is 18.2 Å². The molecule has 2 N–H and O–H groups in total. The molecule has 7 nitrogen and oxygen atoms in total. The Morgan fingerprint density at radius 3 is 2.85 bits per heavy atom. The third kappa shape index (κ3) is 5.77. The Labute approximate surface area is 153 Å². The van der Waals surface area contributed by atoms with Crippen molar-refractivity contribution in [1.82, 2.24) is 10.3 Å². The van der Waals surface area contributed by atoms with Gasteiger partial charge in [-0.1, -0.05) is 0 Å². The number of rotatable bonds is 8. The van der Waals surface area contributed by atoms with Crippen LogP contribution in [0.3, 0.4) is 0 Å². The molecule has 7 heteroatoms. The predicted molar refractivity (Wildman–Crippen MR) is 100 cm³/mol. The van der Waals surface area contributed by atoms with Crippen LogP contribution in [0.5, 0.6) is 0 Å². The first-order chi connectivity index (χ1) is 12.8. The lowest BCUT2D eigenvalue weighted by Crippen LogP contribution is -2.31. The average molecular weight is 358 g/mol. The number of pyridine rings is 1. The molecule has 1 aliphatic heterocycles. The van der Waals surface area contributed by atoms with Crippen molar-refractivity contribution in [2.45, 2.75) is 32.3 Å². The van der Waals surface area contributed by atoms with E-state index in [1.54, 1.807) is 12.5 Å². The summed E-state index contributed by atoms with van der Waals surface area (Å²) in [5.41, 5.74) is 0.692. The molecule has 1 saturated heterocycles. The predicted octanol–water partition coefficient (Wildman–Crippen LogP) is 3.39. The molecule has 0 saturated carbocycles. The summed E-state index contributed by atoms with van der Waals surface area (Å²) in [6.45, 7) is 3.68. The van der Waals surface area contributed by atoms with Gasteiger partial charge in [0.25, 0.3) is 0 Å². The molecule has 140 valence electrons. The third-order valence-corrected chi connectivity index (χ3v) is 4.26. The van der Waals surface area contributed by atoms with E-state index in [1.165, 1.54) is 19.3 Å². The Morgan fingerprint density at radius 1 is 1.23 bits per heavy atom. The van der Waals surface area contributed by atoms with E-state index in [0.29, 0.717) is 25.4 Å². The van der Waals surface area contributed by atoms with Crippen molar-refractivity contribution in [3.63, 3.8) is 0 Å². The van der Waals surface area contributed by atoms with Gasteiger partial charge in [0.15, 0.2) is 0 Å². The summed E-state index contributed by atoms with van der Waals surface area (Å²) < 4.78 is 10.6. The quantitative estimate of drug-likeness (QED) is 0.707. The topological polar surface area (TPSA) is 79.6 Å². The summed E-state index contributed by atoms with van der Waals surface area (Å²) in [5, 5.41) is 5.61. The van der Waals surface area contributed by atoms with Gasteiger partial charge in [-0.3, -0.25) is 0 Å². The molecule has 1 aliphatic rings. The number of carbonyl (C=O) groups excluding carboxylic acids is 1. The van der Waals surface area contributed by atoms with Crippen molar-refractivity contribution in [3.8, 4) is 0 Å². The highest BCUT2D eigenvalue weighted by Gasteiger charge is 2.12. The largest absolute Gasteiger partial charge is 0.467 e. The standard InChI is InChI=1S/C19H26N4O3/c24-19(20-9-5-12-25-15-17-6-4-13-26-17)22-16-7-8-18(21-14-16)23-10-2-1-3-11-23/h4,6-8,13-14H,1-3,5,9-12,15H2,(H2,20,22,24). The van der Waals surface area contributed by atoms with Gasteiger partial charge >= 0.3 is 6.03 Å². The Bertz CT molecular complexity index is 652. The molecule has 26 heavy (non-hydrogen) atoms. The fraction of sp³-hybridized carbons (Fsp3) is 0.474. The number of piperidine rings is 1. The molecule has 0 aliphatic carbocycles. The molecule has 0 unspecified atom stereocenters. The van der Waals surface area contributed by atoms with E-state index in [9.17, 15) is 4.79 Å². The van der Waals surface area contributed by atoms with Crippen molar-refractivity contribution >= 4 is 17.5 Å². The van der Waals surface area contributed by atoms with Gasteiger partial charge in [0.2, 0.25) is 0 Å². The third-order valence-electron chi connectivity index (χ3n) is 4.26. The first-order valence-corrected chi connectivity index (χ1v) is 9.17. The molecule has 0 spiro atoms. The number of amides is 2. The minimum Gasteiger partial charge on any atom is -0.467 e. The number of nitrogens with zero attached hydrogens (tertiary/aromatic N) is 2. The van der Waals surface area contributed by atoms with Crippen LogP contribution in [-0.4, -0.2) is 37.3 Å².